The monoisotopic (exact) mass is 307 g/mol. The third-order valence-electron chi connectivity index (χ3n) is 3.71. The minimum atomic E-state index is -0.300. The van der Waals surface area contributed by atoms with Crippen molar-refractivity contribution >= 4 is 28.2 Å². The van der Waals surface area contributed by atoms with Crippen molar-refractivity contribution < 1.29 is 4.39 Å². The summed E-state index contributed by atoms with van der Waals surface area (Å²) in [5.74, 6) is 1.08. The van der Waals surface area contributed by atoms with Crippen LogP contribution in [0.25, 0.3) is 16.6 Å². The van der Waals surface area contributed by atoms with Gasteiger partial charge in [0.2, 0.25) is 5.95 Å². The molecule has 0 aliphatic carbocycles. The van der Waals surface area contributed by atoms with E-state index >= 15 is 0 Å². The molecule has 23 heavy (non-hydrogen) atoms. The van der Waals surface area contributed by atoms with Gasteiger partial charge in [0.25, 0.3) is 0 Å². The maximum Gasteiger partial charge on any atom is 0.215 e. The van der Waals surface area contributed by atoms with Crippen LogP contribution in [0.1, 0.15) is 12.7 Å². The van der Waals surface area contributed by atoms with Gasteiger partial charge in [-0.3, -0.25) is 0 Å². The molecule has 0 saturated heterocycles. The van der Waals surface area contributed by atoms with Crippen molar-refractivity contribution in [3.8, 4) is 0 Å². The van der Waals surface area contributed by atoms with Crippen LogP contribution >= 0.6 is 0 Å². The van der Waals surface area contributed by atoms with Crippen molar-refractivity contribution in [1.29, 1.82) is 0 Å². The zero-order valence-corrected chi connectivity index (χ0v) is 12.5. The maximum atomic E-state index is 13.4. The van der Waals surface area contributed by atoms with Crippen LogP contribution in [0.15, 0.2) is 48.5 Å². The van der Waals surface area contributed by atoms with Crippen LogP contribution < -0.4 is 5.32 Å². The van der Waals surface area contributed by atoms with Gasteiger partial charge in [0, 0.05) is 17.5 Å². The fourth-order valence-electron chi connectivity index (χ4n) is 2.65. The Kier molecular flexibility index (Phi) is 3.15. The molecule has 0 unspecified atom stereocenters. The van der Waals surface area contributed by atoms with E-state index in [0.717, 1.165) is 28.8 Å². The van der Waals surface area contributed by atoms with Crippen LogP contribution in [-0.4, -0.2) is 19.6 Å². The second kappa shape index (κ2) is 5.31. The number of fused-ring (bicyclic) bond motifs is 3. The van der Waals surface area contributed by atoms with E-state index in [1.807, 2.05) is 35.6 Å². The first kappa shape index (κ1) is 13.6. The van der Waals surface area contributed by atoms with E-state index in [0.29, 0.717) is 11.6 Å². The lowest BCUT2D eigenvalue weighted by atomic mass is 10.2. The molecule has 5 nitrogen and oxygen atoms in total. The van der Waals surface area contributed by atoms with Gasteiger partial charge in [-0.1, -0.05) is 25.1 Å². The number of nitrogens with one attached hydrogen (secondary N) is 1. The van der Waals surface area contributed by atoms with E-state index in [2.05, 4.69) is 20.5 Å². The van der Waals surface area contributed by atoms with Crippen molar-refractivity contribution in [2.75, 3.05) is 5.32 Å². The highest BCUT2D eigenvalue weighted by molar-refractivity contribution is 5.92. The van der Waals surface area contributed by atoms with Gasteiger partial charge in [-0.2, -0.15) is 0 Å². The molecule has 6 heteroatoms. The fraction of sp³-hybridized carbons (Fsp3) is 0.118. The van der Waals surface area contributed by atoms with Gasteiger partial charge in [0.15, 0.2) is 5.65 Å². The summed E-state index contributed by atoms with van der Waals surface area (Å²) in [6.07, 6.45) is 0.721. The first-order chi connectivity index (χ1) is 11.3. The summed E-state index contributed by atoms with van der Waals surface area (Å²) in [7, 11) is 0. The van der Waals surface area contributed by atoms with Crippen molar-refractivity contribution in [3.63, 3.8) is 0 Å². The van der Waals surface area contributed by atoms with E-state index in [-0.39, 0.29) is 5.82 Å². The second-order valence-electron chi connectivity index (χ2n) is 5.22. The van der Waals surface area contributed by atoms with Gasteiger partial charge in [0.05, 0.1) is 5.52 Å². The highest BCUT2D eigenvalue weighted by Gasteiger charge is 2.14. The summed E-state index contributed by atoms with van der Waals surface area (Å²) in [4.78, 5) is 4.66. The Morgan fingerprint density at radius 3 is 2.78 bits per heavy atom. The molecular weight excluding hydrogens is 293 g/mol. The van der Waals surface area contributed by atoms with E-state index < -0.39 is 0 Å². The zero-order valence-electron chi connectivity index (χ0n) is 12.5. The summed E-state index contributed by atoms with van der Waals surface area (Å²) in [6, 6.07) is 14.1. The third kappa shape index (κ3) is 2.28. The Hall–Kier alpha value is -3.02. The smallest absolute Gasteiger partial charge is 0.215 e. The van der Waals surface area contributed by atoms with Crippen LogP contribution in [0.3, 0.4) is 0 Å². The molecule has 0 aliphatic rings. The minimum absolute atomic E-state index is 0.300. The van der Waals surface area contributed by atoms with E-state index in [1.165, 1.54) is 12.1 Å². The molecule has 4 rings (SSSR count). The molecule has 0 aliphatic heterocycles. The molecule has 0 fully saturated rings. The molecule has 1 N–H and O–H groups in total. The van der Waals surface area contributed by atoms with Crippen LogP contribution in [-0.2, 0) is 6.42 Å². The maximum absolute atomic E-state index is 13.4. The van der Waals surface area contributed by atoms with Gasteiger partial charge < -0.3 is 5.32 Å². The second-order valence-corrected chi connectivity index (χ2v) is 5.22. The number of benzene rings is 2. The number of hydrogen-bond donors (Lipinski definition) is 1. The number of aryl methyl sites for hydroxylation is 1. The average Bonchev–Trinajstić information content (AvgIpc) is 3.00. The van der Waals surface area contributed by atoms with E-state index in [9.17, 15) is 4.39 Å². The SMILES string of the molecule is CCc1nnc2c3ccccc3nc(Nc3cccc(F)c3)n12. The Labute approximate surface area is 131 Å². The Morgan fingerprint density at radius 2 is 1.96 bits per heavy atom. The molecule has 4 aromatic rings. The largest absolute Gasteiger partial charge is 0.325 e. The molecule has 0 spiro atoms. The molecular formula is C17H14FN5. The van der Waals surface area contributed by atoms with Gasteiger partial charge in [-0.25, -0.2) is 13.8 Å². The highest BCUT2D eigenvalue weighted by Crippen LogP contribution is 2.24. The third-order valence-corrected chi connectivity index (χ3v) is 3.71. The van der Waals surface area contributed by atoms with Gasteiger partial charge in [-0.15, -0.1) is 10.2 Å². The zero-order chi connectivity index (χ0) is 15.8. The summed E-state index contributed by atoms with van der Waals surface area (Å²) in [5.41, 5.74) is 2.19. The van der Waals surface area contributed by atoms with Crippen LogP contribution in [0.2, 0.25) is 0 Å². The summed E-state index contributed by atoms with van der Waals surface area (Å²) < 4.78 is 15.3. The molecule has 2 aromatic heterocycles. The van der Waals surface area contributed by atoms with Crippen molar-refractivity contribution in [1.82, 2.24) is 19.6 Å². The average molecular weight is 307 g/mol. The number of nitrogens with zero attached hydrogens (tertiary/aromatic N) is 4. The quantitative estimate of drug-likeness (QED) is 0.626. The van der Waals surface area contributed by atoms with Crippen LogP contribution in [0.4, 0.5) is 16.0 Å². The van der Waals surface area contributed by atoms with Crippen molar-refractivity contribution in [2.45, 2.75) is 13.3 Å². The number of para-hydroxylation sites is 1. The van der Waals surface area contributed by atoms with Crippen LogP contribution in [0, 0.1) is 5.82 Å². The van der Waals surface area contributed by atoms with Gasteiger partial charge in [0.1, 0.15) is 11.6 Å². The molecule has 2 heterocycles. The molecule has 114 valence electrons. The predicted octanol–water partition coefficient (Wildman–Crippen LogP) is 3.72. The normalized spacial score (nSPS) is 11.2. The molecule has 0 saturated carbocycles. The lowest BCUT2D eigenvalue weighted by molar-refractivity contribution is 0.628. The predicted molar refractivity (Wildman–Crippen MR) is 87.3 cm³/mol. The molecule has 0 amide bonds. The number of rotatable bonds is 3. The molecule has 0 radical (unpaired) electrons. The highest BCUT2D eigenvalue weighted by atomic mass is 19.1. The summed E-state index contributed by atoms with van der Waals surface area (Å²) >= 11 is 0. The van der Waals surface area contributed by atoms with Gasteiger partial charge in [-0.05, 0) is 30.3 Å². The number of hydrogen-bond acceptors (Lipinski definition) is 4. The Bertz CT molecular complexity index is 1010. The number of halogens is 1. The Morgan fingerprint density at radius 1 is 1.09 bits per heavy atom. The van der Waals surface area contributed by atoms with Crippen LogP contribution in [0.5, 0.6) is 0 Å². The lowest BCUT2D eigenvalue weighted by Gasteiger charge is -2.11. The topological polar surface area (TPSA) is 55.1 Å². The standard InChI is InChI=1S/C17H14FN5/c1-2-15-21-22-16-13-8-3-4-9-14(13)20-17(23(15)16)19-12-7-5-6-11(18)10-12/h3-10H,2H2,1H3,(H,19,20). The van der Waals surface area contributed by atoms with E-state index in [4.69, 9.17) is 0 Å². The molecule has 0 bridgehead atoms. The minimum Gasteiger partial charge on any atom is -0.325 e. The fourth-order valence-corrected chi connectivity index (χ4v) is 2.65. The molecule has 2 aromatic carbocycles. The van der Waals surface area contributed by atoms with Crippen molar-refractivity contribution in [2.24, 2.45) is 0 Å². The lowest BCUT2D eigenvalue weighted by Crippen LogP contribution is -2.05. The first-order valence-electron chi connectivity index (χ1n) is 7.41. The Balaban J connectivity index is 1.97. The summed E-state index contributed by atoms with van der Waals surface area (Å²) in [6.45, 7) is 2.01. The van der Waals surface area contributed by atoms with Crippen molar-refractivity contribution in [3.05, 3.63) is 60.2 Å². The first-order valence-corrected chi connectivity index (χ1v) is 7.41. The van der Waals surface area contributed by atoms with E-state index in [1.54, 1.807) is 12.1 Å². The summed E-state index contributed by atoms with van der Waals surface area (Å²) in [5, 5.41) is 12.6. The van der Waals surface area contributed by atoms with Gasteiger partial charge >= 0.3 is 0 Å². The molecule has 0 atom stereocenters. The number of aromatic nitrogens is 4. The number of anilines is 2.